The Morgan fingerprint density at radius 1 is 1.48 bits per heavy atom. The van der Waals surface area contributed by atoms with Crippen molar-refractivity contribution >= 4 is 17.3 Å². The third kappa shape index (κ3) is 3.32. The van der Waals surface area contributed by atoms with E-state index >= 15 is 0 Å². The van der Waals surface area contributed by atoms with Crippen LogP contribution in [0.4, 0.5) is 11.4 Å². The van der Waals surface area contributed by atoms with Crippen molar-refractivity contribution in [1.29, 1.82) is 0 Å². The van der Waals surface area contributed by atoms with Crippen LogP contribution in [0, 0.1) is 10.1 Å². The highest BCUT2D eigenvalue weighted by atomic mass is 16.6. The fourth-order valence-electron chi connectivity index (χ4n) is 1.75. The molecule has 0 saturated heterocycles. The molecule has 0 bridgehead atoms. The molecule has 2 N–H and O–H groups in total. The van der Waals surface area contributed by atoms with Crippen LogP contribution in [0.2, 0.25) is 0 Å². The number of rotatable bonds is 5. The molecular formula is C12H14N6O3. The molecule has 110 valence electrons. The average Bonchev–Trinajstić information content (AvgIpc) is 2.89. The van der Waals surface area contributed by atoms with Crippen molar-refractivity contribution in [3.05, 3.63) is 46.0 Å². The highest BCUT2D eigenvalue weighted by molar-refractivity contribution is 5.99. The smallest absolute Gasteiger partial charge is 0.282 e. The number of hydrogen-bond donors (Lipinski definition) is 2. The van der Waals surface area contributed by atoms with Gasteiger partial charge in [0, 0.05) is 25.8 Å². The minimum atomic E-state index is -0.590. The van der Waals surface area contributed by atoms with E-state index in [1.54, 1.807) is 14.1 Å². The first-order valence-corrected chi connectivity index (χ1v) is 6.10. The van der Waals surface area contributed by atoms with Crippen LogP contribution in [0.1, 0.15) is 16.2 Å². The second kappa shape index (κ2) is 5.99. The third-order valence-electron chi connectivity index (χ3n) is 2.78. The number of aryl methyl sites for hydroxylation is 1. The summed E-state index contributed by atoms with van der Waals surface area (Å²) < 4.78 is 1.51. The zero-order valence-corrected chi connectivity index (χ0v) is 11.5. The largest absolute Gasteiger partial charge is 0.388 e. The highest BCUT2D eigenvalue weighted by Gasteiger charge is 2.20. The van der Waals surface area contributed by atoms with Crippen LogP contribution in [0.3, 0.4) is 0 Å². The van der Waals surface area contributed by atoms with Crippen molar-refractivity contribution in [2.75, 3.05) is 12.4 Å². The molecule has 0 unspecified atom stereocenters. The predicted molar refractivity (Wildman–Crippen MR) is 74.8 cm³/mol. The van der Waals surface area contributed by atoms with Crippen molar-refractivity contribution in [1.82, 2.24) is 20.1 Å². The first-order valence-electron chi connectivity index (χ1n) is 6.10. The van der Waals surface area contributed by atoms with Crippen LogP contribution >= 0.6 is 0 Å². The Bertz CT molecular complexity index is 681. The zero-order valence-electron chi connectivity index (χ0n) is 11.5. The highest BCUT2D eigenvalue weighted by Crippen LogP contribution is 2.22. The maximum atomic E-state index is 12.1. The Morgan fingerprint density at radius 2 is 2.24 bits per heavy atom. The van der Waals surface area contributed by atoms with Crippen molar-refractivity contribution in [3.8, 4) is 0 Å². The summed E-state index contributed by atoms with van der Waals surface area (Å²) in [5, 5.41) is 20.4. The minimum Gasteiger partial charge on any atom is -0.388 e. The SMILES string of the molecule is CNc1ccc([N+](=O)[O-])c(C(=O)NCc2ncn(C)n2)c1. The van der Waals surface area contributed by atoms with Gasteiger partial charge in [0.2, 0.25) is 0 Å². The summed E-state index contributed by atoms with van der Waals surface area (Å²) in [7, 11) is 3.38. The van der Waals surface area contributed by atoms with E-state index in [2.05, 4.69) is 20.7 Å². The van der Waals surface area contributed by atoms with Gasteiger partial charge < -0.3 is 10.6 Å². The number of nitrogens with one attached hydrogen (secondary N) is 2. The number of nitrogens with zero attached hydrogens (tertiary/aromatic N) is 4. The Labute approximate surface area is 120 Å². The standard InChI is InChI=1S/C12H14N6O3/c1-13-8-3-4-10(18(20)21)9(5-8)12(19)14-6-11-15-7-17(2)16-11/h3-5,7,13H,6H2,1-2H3,(H,14,19). The Morgan fingerprint density at radius 3 is 2.81 bits per heavy atom. The topological polar surface area (TPSA) is 115 Å². The maximum Gasteiger partial charge on any atom is 0.282 e. The maximum absolute atomic E-state index is 12.1. The number of carbonyl (C=O) groups excluding carboxylic acids is 1. The molecule has 0 aliphatic heterocycles. The first kappa shape index (κ1) is 14.4. The fourth-order valence-corrected chi connectivity index (χ4v) is 1.75. The van der Waals surface area contributed by atoms with E-state index in [1.807, 2.05) is 0 Å². The molecule has 1 heterocycles. The van der Waals surface area contributed by atoms with Gasteiger partial charge >= 0.3 is 0 Å². The van der Waals surface area contributed by atoms with Crippen LogP contribution in [-0.4, -0.2) is 32.6 Å². The van der Waals surface area contributed by atoms with Gasteiger partial charge in [-0.3, -0.25) is 19.6 Å². The van der Waals surface area contributed by atoms with Crippen molar-refractivity contribution in [2.45, 2.75) is 6.54 Å². The Hall–Kier alpha value is -2.97. The third-order valence-corrected chi connectivity index (χ3v) is 2.78. The van der Waals surface area contributed by atoms with Crippen molar-refractivity contribution in [2.24, 2.45) is 7.05 Å². The predicted octanol–water partition coefficient (Wildman–Crippen LogP) is 0.695. The van der Waals surface area contributed by atoms with Crippen LogP contribution in [0.15, 0.2) is 24.5 Å². The Balaban J connectivity index is 2.19. The summed E-state index contributed by atoms with van der Waals surface area (Å²) in [6.45, 7) is 0.0978. The van der Waals surface area contributed by atoms with E-state index in [1.165, 1.54) is 29.2 Å². The second-order valence-corrected chi connectivity index (χ2v) is 4.26. The summed E-state index contributed by atoms with van der Waals surface area (Å²) >= 11 is 0. The average molecular weight is 290 g/mol. The molecule has 1 aromatic carbocycles. The summed E-state index contributed by atoms with van der Waals surface area (Å²) in [6.07, 6.45) is 1.51. The molecule has 2 aromatic rings. The lowest BCUT2D eigenvalue weighted by atomic mass is 10.1. The Kier molecular flexibility index (Phi) is 4.12. The number of hydrogen-bond acceptors (Lipinski definition) is 6. The van der Waals surface area contributed by atoms with E-state index < -0.39 is 10.8 Å². The van der Waals surface area contributed by atoms with Gasteiger partial charge in [-0.2, -0.15) is 5.10 Å². The fraction of sp³-hybridized carbons (Fsp3) is 0.250. The second-order valence-electron chi connectivity index (χ2n) is 4.26. The lowest BCUT2D eigenvalue weighted by Crippen LogP contribution is -2.24. The minimum absolute atomic E-state index is 0.0113. The molecular weight excluding hydrogens is 276 g/mol. The molecule has 0 aliphatic carbocycles. The van der Waals surface area contributed by atoms with Crippen molar-refractivity contribution in [3.63, 3.8) is 0 Å². The van der Waals surface area contributed by atoms with Gasteiger partial charge in [0.25, 0.3) is 11.6 Å². The first-order chi connectivity index (χ1) is 10.0. The van der Waals surface area contributed by atoms with Gasteiger partial charge in [-0.25, -0.2) is 4.98 Å². The van der Waals surface area contributed by atoms with Gasteiger partial charge in [0.05, 0.1) is 11.5 Å². The number of carbonyl (C=O) groups is 1. The van der Waals surface area contributed by atoms with E-state index in [-0.39, 0.29) is 17.8 Å². The van der Waals surface area contributed by atoms with Crippen LogP contribution in [0.25, 0.3) is 0 Å². The molecule has 9 heteroatoms. The van der Waals surface area contributed by atoms with E-state index in [0.29, 0.717) is 11.5 Å². The van der Waals surface area contributed by atoms with Crippen LogP contribution < -0.4 is 10.6 Å². The number of amides is 1. The molecule has 0 aliphatic rings. The molecule has 0 spiro atoms. The summed E-state index contributed by atoms with van der Waals surface area (Å²) in [5.41, 5.74) is 0.352. The molecule has 1 amide bonds. The summed E-state index contributed by atoms with van der Waals surface area (Å²) in [4.78, 5) is 26.5. The van der Waals surface area contributed by atoms with Gasteiger partial charge in [0.15, 0.2) is 5.82 Å². The number of aromatic nitrogens is 3. The van der Waals surface area contributed by atoms with E-state index in [0.717, 1.165) is 0 Å². The quantitative estimate of drug-likeness (QED) is 0.618. The van der Waals surface area contributed by atoms with E-state index in [4.69, 9.17) is 0 Å². The molecule has 0 radical (unpaired) electrons. The summed E-state index contributed by atoms with van der Waals surface area (Å²) in [5.74, 6) is -0.121. The molecule has 1 aromatic heterocycles. The van der Waals surface area contributed by atoms with Gasteiger partial charge in [0.1, 0.15) is 11.9 Å². The molecule has 0 saturated carbocycles. The zero-order chi connectivity index (χ0) is 15.4. The molecule has 21 heavy (non-hydrogen) atoms. The lowest BCUT2D eigenvalue weighted by molar-refractivity contribution is -0.385. The van der Waals surface area contributed by atoms with Gasteiger partial charge in [-0.15, -0.1) is 0 Å². The molecule has 0 fully saturated rings. The molecule has 2 rings (SSSR count). The number of nitro benzene ring substituents is 1. The van der Waals surface area contributed by atoms with E-state index in [9.17, 15) is 14.9 Å². The monoisotopic (exact) mass is 290 g/mol. The molecule has 9 nitrogen and oxygen atoms in total. The van der Waals surface area contributed by atoms with Gasteiger partial charge in [-0.1, -0.05) is 0 Å². The number of nitro groups is 1. The van der Waals surface area contributed by atoms with Crippen LogP contribution in [0.5, 0.6) is 0 Å². The summed E-state index contributed by atoms with van der Waals surface area (Å²) in [6, 6.07) is 4.26. The van der Waals surface area contributed by atoms with Crippen molar-refractivity contribution < 1.29 is 9.72 Å². The van der Waals surface area contributed by atoms with Gasteiger partial charge in [-0.05, 0) is 12.1 Å². The lowest BCUT2D eigenvalue weighted by Gasteiger charge is -2.06. The van der Waals surface area contributed by atoms with Crippen LogP contribution in [-0.2, 0) is 13.6 Å². The normalized spacial score (nSPS) is 10.2. The number of benzene rings is 1. The molecule has 0 atom stereocenters. The number of anilines is 1.